The maximum atomic E-state index is 13.0. The molecule has 6 heteroatoms. The standard InChI is InChI=1S/C26H25ClN2O3/c1-32-23-10-7-18(8-11-23)13-14-28-25(30)20-9-12-24-19(16-20)5-3-15-29(24)26(31)21-4-2-6-22(27)17-21/h2,4,6-12,16-17H,3,5,13-15H2,1H3,(H,28,30). The number of benzene rings is 3. The van der Waals surface area contributed by atoms with E-state index in [1.807, 2.05) is 36.4 Å². The minimum absolute atomic E-state index is 0.0786. The summed E-state index contributed by atoms with van der Waals surface area (Å²) in [6.07, 6.45) is 2.42. The lowest BCUT2D eigenvalue weighted by atomic mass is 9.98. The van der Waals surface area contributed by atoms with Gasteiger partial charge in [0.25, 0.3) is 11.8 Å². The summed E-state index contributed by atoms with van der Waals surface area (Å²) in [6.45, 7) is 1.19. The molecule has 0 spiro atoms. The van der Waals surface area contributed by atoms with E-state index in [1.165, 1.54) is 0 Å². The fourth-order valence-electron chi connectivity index (χ4n) is 3.94. The van der Waals surface area contributed by atoms with Gasteiger partial charge in [0, 0.05) is 34.9 Å². The highest BCUT2D eigenvalue weighted by Gasteiger charge is 2.24. The number of carbonyl (C=O) groups is 2. The van der Waals surface area contributed by atoms with Crippen molar-refractivity contribution in [2.24, 2.45) is 0 Å². The zero-order valence-electron chi connectivity index (χ0n) is 17.9. The van der Waals surface area contributed by atoms with E-state index in [0.29, 0.717) is 29.2 Å². The van der Waals surface area contributed by atoms with Gasteiger partial charge in [-0.05, 0) is 78.9 Å². The van der Waals surface area contributed by atoms with Crippen LogP contribution in [-0.2, 0) is 12.8 Å². The number of anilines is 1. The molecule has 3 aromatic carbocycles. The number of hydrogen-bond donors (Lipinski definition) is 1. The highest BCUT2D eigenvalue weighted by molar-refractivity contribution is 6.31. The molecule has 0 fully saturated rings. The molecule has 1 aliphatic heterocycles. The second-order valence-electron chi connectivity index (χ2n) is 7.77. The van der Waals surface area contributed by atoms with Crippen LogP contribution in [0.2, 0.25) is 5.02 Å². The van der Waals surface area contributed by atoms with Crippen molar-refractivity contribution >= 4 is 29.1 Å². The number of halogens is 1. The summed E-state index contributed by atoms with van der Waals surface area (Å²) in [5.41, 5.74) is 4.17. The summed E-state index contributed by atoms with van der Waals surface area (Å²) in [4.78, 5) is 27.5. The van der Waals surface area contributed by atoms with Crippen LogP contribution in [-0.4, -0.2) is 32.0 Å². The fourth-order valence-corrected chi connectivity index (χ4v) is 4.13. The third-order valence-corrected chi connectivity index (χ3v) is 5.87. The normalized spacial score (nSPS) is 12.8. The number of methoxy groups -OCH3 is 1. The molecule has 0 aromatic heterocycles. The van der Waals surface area contributed by atoms with Gasteiger partial charge in [-0.1, -0.05) is 29.8 Å². The minimum Gasteiger partial charge on any atom is -0.497 e. The molecule has 4 rings (SSSR count). The van der Waals surface area contributed by atoms with Crippen molar-refractivity contribution in [2.75, 3.05) is 25.1 Å². The van der Waals surface area contributed by atoms with E-state index in [-0.39, 0.29) is 11.8 Å². The summed E-state index contributed by atoms with van der Waals surface area (Å²) in [5, 5.41) is 3.52. The smallest absolute Gasteiger partial charge is 0.258 e. The maximum absolute atomic E-state index is 13.0. The zero-order valence-corrected chi connectivity index (χ0v) is 18.7. The Bertz CT molecular complexity index is 1130. The molecule has 164 valence electrons. The van der Waals surface area contributed by atoms with Crippen molar-refractivity contribution in [3.63, 3.8) is 0 Å². The summed E-state index contributed by atoms with van der Waals surface area (Å²) in [5.74, 6) is 0.625. The zero-order chi connectivity index (χ0) is 22.5. The number of carbonyl (C=O) groups excluding carboxylic acids is 2. The third kappa shape index (κ3) is 4.94. The predicted octanol–water partition coefficient (Wildman–Crippen LogP) is 4.91. The van der Waals surface area contributed by atoms with Gasteiger partial charge in [-0.15, -0.1) is 0 Å². The van der Waals surface area contributed by atoms with Crippen LogP contribution < -0.4 is 15.0 Å². The first-order valence-electron chi connectivity index (χ1n) is 10.7. The van der Waals surface area contributed by atoms with E-state index < -0.39 is 0 Å². The van der Waals surface area contributed by atoms with Gasteiger partial charge in [0.1, 0.15) is 5.75 Å². The quantitative estimate of drug-likeness (QED) is 0.582. The molecule has 0 radical (unpaired) electrons. The van der Waals surface area contributed by atoms with Gasteiger partial charge in [0.15, 0.2) is 0 Å². The monoisotopic (exact) mass is 448 g/mol. The first-order chi connectivity index (χ1) is 15.5. The van der Waals surface area contributed by atoms with Gasteiger partial charge in [0.2, 0.25) is 0 Å². The molecule has 5 nitrogen and oxygen atoms in total. The van der Waals surface area contributed by atoms with Gasteiger partial charge >= 0.3 is 0 Å². The first-order valence-corrected chi connectivity index (χ1v) is 11.0. The molecule has 0 bridgehead atoms. The van der Waals surface area contributed by atoms with Gasteiger partial charge in [-0.25, -0.2) is 0 Å². The molecular formula is C26H25ClN2O3. The number of amides is 2. The number of aryl methyl sites for hydroxylation is 1. The average molecular weight is 449 g/mol. The van der Waals surface area contributed by atoms with Crippen LogP contribution in [0, 0.1) is 0 Å². The van der Waals surface area contributed by atoms with Crippen LogP contribution in [0.1, 0.15) is 38.3 Å². The number of ether oxygens (including phenoxy) is 1. The summed E-state index contributed by atoms with van der Waals surface area (Å²) >= 11 is 6.06. The second kappa shape index (κ2) is 9.88. The fraction of sp³-hybridized carbons (Fsp3) is 0.231. The Balaban J connectivity index is 1.42. The Kier molecular flexibility index (Phi) is 6.76. The Labute approximate surface area is 193 Å². The molecule has 2 amide bonds. The number of nitrogens with one attached hydrogen (secondary N) is 1. The highest BCUT2D eigenvalue weighted by atomic mass is 35.5. The van der Waals surface area contributed by atoms with Crippen LogP contribution in [0.5, 0.6) is 5.75 Å². The Hall–Kier alpha value is -3.31. The second-order valence-corrected chi connectivity index (χ2v) is 8.20. The van der Waals surface area contributed by atoms with Gasteiger partial charge in [0.05, 0.1) is 7.11 Å². The lowest BCUT2D eigenvalue weighted by Crippen LogP contribution is -2.35. The topological polar surface area (TPSA) is 58.6 Å². The molecular weight excluding hydrogens is 424 g/mol. The summed E-state index contributed by atoms with van der Waals surface area (Å²) < 4.78 is 5.17. The molecule has 1 aliphatic rings. The van der Waals surface area contributed by atoms with Crippen molar-refractivity contribution < 1.29 is 14.3 Å². The average Bonchev–Trinajstić information content (AvgIpc) is 2.83. The van der Waals surface area contributed by atoms with E-state index in [2.05, 4.69) is 5.32 Å². The molecule has 32 heavy (non-hydrogen) atoms. The predicted molar refractivity (Wildman–Crippen MR) is 127 cm³/mol. The van der Waals surface area contributed by atoms with E-state index in [4.69, 9.17) is 16.3 Å². The first kappa shape index (κ1) is 21.9. The molecule has 1 N–H and O–H groups in total. The Morgan fingerprint density at radius 2 is 1.84 bits per heavy atom. The van der Waals surface area contributed by atoms with Crippen LogP contribution in [0.3, 0.4) is 0 Å². The Morgan fingerprint density at radius 1 is 1.03 bits per heavy atom. The van der Waals surface area contributed by atoms with E-state index in [9.17, 15) is 9.59 Å². The number of nitrogens with zero attached hydrogens (tertiary/aromatic N) is 1. The number of hydrogen-bond acceptors (Lipinski definition) is 3. The van der Waals surface area contributed by atoms with Crippen molar-refractivity contribution in [2.45, 2.75) is 19.3 Å². The van der Waals surface area contributed by atoms with Crippen LogP contribution >= 0.6 is 11.6 Å². The van der Waals surface area contributed by atoms with Gasteiger partial charge < -0.3 is 15.0 Å². The summed E-state index contributed by atoms with van der Waals surface area (Å²) in [7, 11) is 1.64. The molecule has 3 aromatic rings. The molecule has 0 atom stereocenters. The van der Waals surface area contributed by atoms with E-state index >= 15 is 0 Å². The van der Waals surface area contributed by atoms with Crippen molar-refractivity contribution in [1.29, 1.82) is 0 Å². The number of rotatable bonds is 6. The van der Waals surface area contributed by atoms with Crippen molar-refractivity contribution in [3.05, 3.63) is 94.0 Å². The SMILES string of the molecule is COc1ccc(CCNC(=O)c2ccc3c(c2)CCCN3C(=O)c2cccc(Cl)c2)cc1. The van der Waals surface area contributed by atoms with Crippen molar-refractivity contribution in [1.82, 2.24) is 5.32 Å². The molecule has 0 aliphatic carbocycles. The van der Waals surface area contributed by atoms with Gasteiger partial charge in [-0.3, -0.25) is 9.59 Å². The summed E-state index contributed by atoms with van der Waals surface area (Å²) in [6, 6.07) is 20.4. The molecule has 0 saturated carbocycles. The Morgan fingerprint density at radius 3 is 2.59 bits per heavy atom. The maximum Gasteiger partial charge on any atom is 0.258 e. The van der Waals surface area contributed by atoms with Crippen LogP contribution in [0.4, 0.5) is 5.69 Å². The molecule has 0 saturated heterocycles. The minimum atomic E-state index is -0.111. The van der Waals surface area contributed by atoms with Crippen LogP contribution in [0.15, 0.2) is 66.7 Å². The number of fused-ring (bicyclic) bond motifs is 1. The molecule has 1 heterocycles. The van der Waals surface area contributed by atoms with Gasteiger partial charge in [-0.2, -0.15) is 0 Å². The largest absolute Gasteiger partial charge is 0.497 e. The highest BCUT2D eigenvalue weighted by Crippen LogP contribution is 2.30. The van der Waals surface area contributed by atoms with Crippen LogP contribution in [0.25, 0.3) is 0 Å². The lowest BCUT2D eigenvalue weighted by Gasteiger charge is -2.30. The van der Waals surface area contributed by atoms with E-state index in [1.54, 1.807) is 42.3 Å². The third-order valence-electron chi connectivity index (χ3n) is 5.64. The lowest BCUT2D eigenvalue weighted by molar-refractivity contribution is 0.0953. The van der Waals surface area contributed by atoms with Crippen molar-refractivity contribution in [3.8, 4) is 5.75 Å². The van der Waals surface area contributed by atoms with E-state index in [0.717, 1.165) is 41.8 Å². The molecule has 0 unspecified atom stereocenters.